The summed E-state index contributed by atoms with van der Waals surface area (Å²) in [6.45, 7) is 2.93. The lowest BCUT2D eigenvalue weighted by Crippen LogP contribution is -2.54. The first-order valence-corrected chi connectivity index (χ1v) is 15.3. The first kappa shape index (κ1) is 31.4. The number of hydrogen-bond donors (Lipinski definition) is 1. The van der Waals surface area contributed by atoms with Gasteiger partial charge in [0.2, 0.25) is 21.8 Å². The van der Waals surface area contributed by atoms with E-state index in [9.17, 15) is 22.4 Å². The number of carbonyl (C=O) groups excluding carboxylic acids is 2. The molecular weight excluding hydrogens is 576 g/mol. The highest BCUT2D eigenvalue weighted by Gasteiger charge is 2.34. The summed E-state index contributed by atoms with van der Waals surface area (Å²) < 4.78 is 40.9. The van der Waals surface area contributed by atoms with Crippen LogP contribution in [0.2, 0.25) is 10.0 Å². The second-order valence-corrected chi connectivity index (χ2v) is 12.3. The third-order valence-corrected chi connectivity index (χ3v) is 8.14. The minimum Gasteiger partial charge on any atom is -0.352 e. The molecule has 0 bridgehead atoms. The van der Waals surface area contributed by atoms with Crippen molar-refractivity contribution >= 4 is 50.7 Å². The van der Waals surface area contributed by atoms with Crippen LogP contribution >= 0.6 is 23.2 Å². The van der Waals surface area contributed by atoms with Crippen LogP contribution < -0.4 is 9.62 Å². The van der Waals surface area contributed by atoms with Crippen molar-refractivity contribution < 1.29 is 22.4 Å². The zero-order chi connectivity index (χ0) is 29.4. The fourth-order valence-electron chi connectivity index (χ4n) is 4.08. The molecule has 0 saturated carbocycles. The highest BCUT2D eigenvalue weighted by Crippen LogP contribution is 2.26. The number of nitrogens with one attached hydrogen (secondary N) is 1. The highest BCUT2D eigenvalue weighted by molar-refractivity contribution is 7.92. The molecular formula is C29H32Cl2FN3O4S. The van der Waals surface area contributed by atoms with Gasteiger partial charge in [0.05, 0.1) is 11.9 Å². The number of benzene rings is 3. The van der Waals surface area contributed by atoms with E-state index in [4.69, 9.17) is 23.2 Å². The van der Waals surface area contributed by atoms with Gasteiger partial charge in [-0.15, -0.1) is 0 Å². The molecule has 0 aliphatic carbocycles. The summed E-state index contributed by atoms with van der Waals surface area (Å²) in [6, 6.07) is 18.0. The Morgan fingerprint density at radius 2 is 1.65 bits per heavy atom. The number of amides is 2. The minimum atomic E-state index is -4.08. The van der Waals surface area contributed by atoms with Crippen LogP contribution in [0.25, 0.3) is 0 Å². The van der Waals surface area contributed by atoms with Gasteiger partial charge in [0.1, 0.15) is 18.4 Å². The third kappa shape index (κ3) is 8.43. The SMILES string of the molecule is CC[C@@H](C)NC(=O)[C@@H](Cc1ccccc1)N(Cc1ccc(Cl)cc1Cl)C(=O)CN(c1ccccc1F)S(C)(=O)=O. The first-order valence-electron chi connectivity index (χ1n) is 12.7. The molecule has 11 heteroatoms. The molecule has 3 aromatic rings. The van der Waals surface area contributed by atoms with Crippen molar-refractivity contribution in [2.24, 2.45) is 0 Å². The molecule has 0 aromatic heterocycles. The fraction of sp³-hybridized carbons (Fsp3) is 0.310. The average molecular weight is 609 g/mol. The van der Waals surface area contributed by atoms with E-state index in [0.717, 1.165) is 17.9 Å². The molecule has 2 atom stereocenters. The van der Waals surface area contributed by atoms with Gasteiger partial charge in [0.15, 0.2) is 0 Å². The van der Waals surface area contributed by atoms with Crippen molar-refractivity contribution in [2.75, 3.05) is 17.1 Å². The molecule has 0 unspecified atom stereocenters. The summed E-state index contributed by atoms with van der Waals surface area (Å²) in [5.41, 5.74) is 1.03. The van der Waals surface area contributed by atoms with Gasteiger partial charge in [-0.05, 0) is 48.7 Å². The Hall–Kier alpha value is -3.14. The Morgan fingerprint density at radius 3 is 2.25 bits per heavy atom. The van der Waals surface area contributed by atoms with Crippen LogP contribution in [0.15, 0.2) is 72.8 Å². The number of para-hydroxylation sites is 1. The molecule has 1 N–H and O–H groups in total. The first-order chi connectivity index (χ1) is 18.9. The van der Waals surface area contributed by atoms with Crippen LogP contribution in [0, 0.1) is 5.82 Å². The van der Waals surface area contributed by atoms with Gasteiger partial charge < -0.3 is 10.2 Å². The topological polar surface area (TPSA) is 86.8 Å². The lowest BCUT2D eigenvalue weighted by Gasteiger charge is -2.34. The molecule has 3 aromatic carbocycles. The van der Waals surface area contributed by atoms with E-state index in [1.165, 1.54) is 29.2 Å². The Labute approximate surface area is 244 Å². The maximum Gasteiger partial charge on any atom is 0.244 e. The molecule has 0 radical (unpaired) electrons. The van der Waals surface area contributed by atoms with E-state index in [1.807, 2.05) is 44.2 Å². The molecule has 0 heterocycles. The number of hydrogen-bond acceptors (Lipinski definition) is 4. The van der Waals surface area contributed by atoms with E-state index >= 15 is 0 Å². The zero-order valence-corrected chi connectivity index (χ0v) is 24.8. The number of sulfonamides is 1. The van der Waals surface area contributed by atoms with Crippen molar-refractivity contribution in [1.82, 2.24) is 10.2 Å². The zero-order valence-electron chi connectivity index (χ0n) is 22.5. The number of halogens is 3. The standard InChI is InChI=1S/C29H32Cl2FN3O4S/c1-4-20(2)33-29(37)27(16-21-10-6-5-7-11-21)34(18-22-14-15-23(30)17-24(22)31)28(36)19-35(40(3,38)39)26-13-9-8-12-25(26)32/h5-15,17,20,27H,4,16,18-19H2,1-3H3,(H,33,37)/t20-,27-/m1/s1. The van der Waals surface area contributed by atoms with Crippen molar-refractivity contribution in [1.29, 1.82) is 0 Å². The van der Waals surface area contributed by atoms with Crippen molar-refractivity contribution in [3.63, 3.8) is 0 Å². The largest absolute Gasteiger partial charge is 0.352 e. The number of rotatable bonds is 12. The Bertz CT molecular complexity index is 1440. The molecule has 0 spiro atoms. The molecule has 0 aliphatic heterocycles. The van der Waals surface area contributed by atoms with Gasteiger partial charge >= 0.3 is 0 Å². The summed E-state index contributed by atoms with van der Waals surface area (Å²) >= 11 is 12.5. The van der Waals surface area contributed by atoms with Crippen LogP contribution in [-0.4, -0.2) is 50.0 Å². The predicted molar refractivity (Wildman–Crippen MR) is 157 cm³/mol. The van der Waals surface area contributed by atoms with Gasteiger partial charge in [0, 0.05) is 29.1 Å². The Balaban J connectivity index is 2.10. The summed E-state index contributed by atoms with van der Waals surface area (Å²) in [5, 5.41) is 3.61. The normalized spacial score (nSPS) is 12.8. The second-order valence-electron chi connectivity index (χ2n) is 9.50. The second kappa shape index (κ2) is 14.0. The van der Waals surface area contributed by atoms with E-state index in [0.29, 0.717) is 21.3 Å². The van der Waals surface area contributed by atoms with Gasteiger partial charge in [0.25, 0.3) is 0 Å². The van der Waals surface area contributed by atoms with Gasteiger partial charge in [-0.2, -0.15) is 0 Å². The predicted octanol–water partition coefficient (Wildman–Crippen LogP) is 5.45. The average Bonchev–Trinajstić information content (AvgIpc) is 2.90. The third-order valence-electron chi connectivity index (χ3n) is 6.43. The molecule has 214 valence electrons. The molecule has 40 heavy (non-hydrogen) atoms. The van der Waals surface area contributed by atoms with Crippen LogP contribution in [0.1, 0.15) is 31.4 Å². The van der Waals surface area contributed by atoms with Crippen molar-refractivity contribution in [2.45, 2.75) is 45.3 Å². The number of carbonyl (C=O) groups is 2. The number of anilines is 1. The fourth-order valence-corrected chi connectivity index (χ4v) is 5.40. The van der Waals surface area contributed by atoms with Crippen molar-refractivity contribution in [3.8, 4) is 0 Å². The Morgan fingerprint density at radius 1 is 1.00 bits per heavy atom. The van der Waals surface area contributed by atoms with Crippen LogP contribution in [0.3, 0.4) is 0 Å². The van der Waals surface area contributed by atoms with E-state index in [1.54, 1.807) is 12.1 Å². The molecule has 7 nitrogen and oxygen atoms in total. The summed E-state index contributed by atoms with van der Waals surface area (Å²) in [4.78, 5) is 28.9. The summed E-state index contributed by atoms with van der Waals surface area (Å²) in [6.07, 6.45) is 1.71. The summed E-state index contributed by atoms with van der Waals surface area (Å²) in [7, 11) is -4.08. The molecule has 0 saturated heterocycles. The maximum absolute atomic E-state index is 14.7. The van der Waals surface area contributed by atoms with Crippen LogP contribution in [-0.2, 0) is 32.6 Å². The smallest absolute Gasteiger partial charge is 0.244 e. The van der Waals surface area contributed by atoms with Crippen molar-refractivity contribution in [3.05, 3.63) is 99.8 Å². The molecule has 2 amide bonds. The lowest BCUT2D eigenvalue weighted by atomic mass is 10.0. The molecule has 3 rings (SSSR count). The van der Waals surface area contributed by atoms with Gasteiger partial charge in [-0.25, -0.2) is 12.8 Å². The van der Waals surface area contributed by atoms with E-state index < -0.39 is 40.2 Å². The summed E-state index contributed by atoms with van der Waals surface area (Å²) in [5.74, 6) is -1.92. The minimum absolute atomic E-state index is 0.116. The lowest BCUT2D eigenvalue weighted by molar-refractivity contribution is -0.140. The van der Waals surface area contributed by atoms with Crippen LogP contribution in [0.4, 0.5) is 10.1 Å². The molecule has 0 fully saturated rings. The monoisotopic (exact) mass is 607 g/mol. The van der Waals surface area contributed by atoms with E-state index in [-0.39, 0.29) is 29.7 Å². The molecule has 0 aliphatic rings. The number of nitrogens with zero attached hydrogens (tertiary/aromatic N) is 2. The van der Waals surface area contributed by atoms with Gasteiger partial charge in [-0.1, -0.05) is 78.7 Å². The van der Waals surface area contributed by atoms with E-state index in [2.05, 4.69) is 5.32 Å². The maximum atomic E-state index is 14.7. The Kier molecular flexibility index (Phi) is 11.0. The quantitative estimate of drug-likeness (QED) is 0.296. The van der Waals surface area contributed by atoms with Crippen LogP contribution in [0.5, 0.6) is 0 Å². The van der Waals surface area contributed by atoms with Gasteiger partial charge in [-0.3, -0.25) is 13.9 Å². The highest BCUT2D eigenvalue weighted by atomic mass is 35.5.